The van der Waals surface area contributed by atoms with Gasteiger partial charge in [-0.1, -0.05) is 79.9 Å². The highest BCUT2D eigenvalue weighted by molar-refractivity contribution is 7.96. The number of aliphatic hydroxyl groups is 1. The van der Waals surface area contributed by atoms with Gasteiger partial charge in [-0.3, -0.25) is 14.5 Å². The van der Waals surface area contributed by atoms with Crippen LogP contribution in [0.5, 0.6) is 5.75 Å². The number of aliphatic hydroxyl groups excluding tert-OH is 1. The van der Waals surface area contributed by atoms with E-state index in [1.807, 2.05) is 56.0 Å². The monoisotopic (exact) mass is 1060 g/mol. The number of fused-ring (bicyclic) bond motifs is 4. The van der Waals surface area contributed by atoms with Crippen LogP contribution in [0.2, 0.25) is 5.02 Å². The van der Waals surface area contributed by atoms with Crippen molar-refractivity contribution in [3.05, 3.63) is 112 Å². The van der Waals surface area contributed by atoms with Crippen molar-refractivity contribution < 1.29 is 38.5 Å². The zero-order valence-corrected chi connectivity index (χ0v) is 45.6. The number of anilines is 3. The zero-order valence-electron chi connectivity index (χ0n) is 43.2. The lowest BCUT2D eigenvalue weighted by Gasteiger charge is -2.65. The number of carboxylic acid groups (broad SMARTS) is 1. The average Bonchev–Trinajstić information content (AvgIpc) is 4.07. The van der Waals surface area contributed by atoms with Crippen molar-refractivity contribution in [3.63, 3.8) is 0 Å². The molecule has 3 saturated heterocycles. The number of likely N-dealkylation sites (N-methyl/N-ethyl adjacent to an activating group) is 1. The quantitative estimate of drug-likeness (QED) is 0.0532. The highest BCUT2D eigenvalue weighted by Crippen LogP contribution is 2.57. The van der Waals surface area contributed by atoms with Crippen molar-refractivity contribution in [2.24, 2.45) is 11.3 Å². The van der Waals surface area contributed by atoms with Crippen LogP contribution >= 0.6 is 34.9 Å². The standard InChI is InChI=1S/C55H61ClN6O6S2.CH4O.CH2O/c1-8-10-17-42(50(63)57-7)61-41-20-19-35(36-15-12-16-37(45(36)41)51(61)64)32-22-24-60(25-23-32)53-59-40-26-31(18-21-43(40)68-53)30-69-62-44-28-39(38(55(62,5)6)29-54(44,3)4)58-34-14-11-13-33(27-34)48-46(56)47(67-9-2)49(70-48)52(65)66;2*1-2/h8,11-16,18-21,26-27,32,38-39,42,44,58H,1,9-10,17,22-25,28-30H2,2-7H3,(H,57,63)(H,65,66);2H,1H3;1H2. The number of piperidine rings is 3. The van der Waals surface area contributed by atoms with E-state index in [0.29, 0.717) is 58.8 Å². The summed E-state index contributed by atoms with van der Waals surface area (Å²) in [6.07, 6.45) is 6.84. The van der Waals surface area contributed by atoms with Crippen molar-refractivity contribution in [1.82, 2.24) is 14.6 Å². The SMILES string of the molecule is C=CCCC(C(=O)NC)N1C(=O)c2cccc3c(C4CCN(c5nc6cc(CSN7C8CC(Nc9cccc(-c%10sc(C(=O)O)c(OCC)c%10Cl)c9)C(CC8(C)C)C7(C)C)ccc6o5)CC4)ccc1c23.C=O.CO. The van der Waals surface area contributed by atoms with Gasteiger partial charge in [-0.15, -0.1) is 17.9 Å². The molecule has 392 valence electrons. The van der Waals surface area contributed by atoms with E-state index in [0.717, 1.165) is 102 Å². The largest absolute Gasteiger partial charge is 0.490 e. The summed E-state index contributed by atoms with van der Waals surface area (Å²) < 4.78 is 14.7. The number of ether oxygens (including phenoxy) is 1. The molecule has 4 N–H and O–H groups in total. The molecule has 2 bridgehead atoms. The Morgan fingerprint density at radius 3 is 2.50 bits per heavy atom. The van der Waals surface area contributed by atoms with Crippen molar-refractivity contribution in [2.45, 2.75) is 108 Å². The molecular weight excluding hydrogens is 996 g/mol. The third kappa shape index (κ3) is 10.0. The minimum Gasteiger partial charge on any atom is -0.490 e. The number of nitrogens with one attached hydrogen (secondary N) is 2. The molecule has 11 rings (SSSR count). The Balaban J connectivity index is 0.00000178. The highest BCUT2D eigenvalue weighted by Gasteiger charge is 2.59. The summed E-state index contributed by atoms with van der Waals surface area (Å²) in [5.41, 5.74) is 7.41. The summed E-state index contributed by atoms with van der Waals surface area (Å²) in [5.74, 6) is 0.361. The maximum Gasteiger partial charge on any atom is 0.349 e. The summed E-state index contributed by atoms with van der Waals surface area (Å²) in [6.45, 7) is 19.2. The van der Waals surface area contributed by atoms with E-state index in [1.165, 1.54) is 11.1 Å². The van der Waals surface area contributed by atoms with Crippen LogP contribution in [0.25, 0.3) is 32.3 Å². The van der Waals surface area contributed by atoms with Gasteiger partial charge in [-0.25, -0.2) is 9.10 Å². The first-order valence-electron chi connectivity index (χ1n) is 25.2. The average molecular weight is 1060 g/mol. The number of aromatic carboxylic acids is 1. The van der Waals surface area contributed by atoms with Crippen LogP contribution in [0.15, 0.2) is 89.9 Å². The zero-order chi connectivity index (χ0) is 53.2. The van der Waals surface area contributed by atoms with Gasteiger partial charge in [-0.05, 0) is 135 Å². The molecule has 1 aliphatic carbocycles. The molecule has 5 aliphatic rings. The van der Waals surface area contributed by atoms with Gasteiger partial charge in [0.05, 0.1) is 17.2 Å². The molecule has 17 heteroatoms. The normalized spacial score (nSPS) is 20.1. The number of halogens is 1. The van der Waals surface area contributed by atoms with E-state index < -0.39 is 12.0 Å². The molecule has 4 unspecified atom stereocenters. The Kier molecular flexibility index (Phi) is 16.5. The molecule has 4 atom stereocenters. The number of rotatable bonds is 16. The number of carbonyl (C=O) groups is 4. The minimum atomic E-state index is -1.05. The van der Waals surface area contributed by atoms with E-state index in [9.17, 15) is 19.5 Å². The fourth-order valence-electron chi connectivity index (χ4n) is 11.9. The maximum atomic E-state index is 13.9. The van der Waals surface area contributed by atoms with Crippen molar-refractivity contribution in [1.29, 1.82) is 0 Å². The van der Waals surface area contributed by atoms with Crippen LogP contribution in [0.3, 0.4) is 0 Å². The first kappa shape index (κ1) is 54.4. The Labute approximate surface area is 446 Å². The molecule has 2 amide bonds. The molecule has 6 aromatic rings. The smallest absolute Gasteiger partial charge is 0.349 e. The molecule has 4 aliphatic heterocycles. The summed E-state index contributed by atoms with van der Waals surface area (Å²) in [7, 11) is 2.62. The van der Waals surface area contributed by atoms with Gasteiger partial charge >= 0.3 is 5.97 Å². The molecule has 0 spiro atoms. The Morgan fingerprint density at radius 1 is 1.05 bits per heavy atom. The second-order valence-corrected chi connectivity index (χ2v) is 22.7. The van der Waals surface area contributed by atoms with Crippen LogP contribution in [0.4, 0.5) is 17.4 Å². The van der Waals surface area contributed by atoms with Gasteiger partial charge in [0.25, 0.3) is 11.9 Å². The first-order valence-corrected chi connectivity index (χ1v) is 27.3. The predicted octanol–water partition coefficient (Wildman–Crippen LogP) is 11.8. The van der Waals surface area contributed by atoms with Crippen LogP contribution in [-0.4, -0.2) is 102 Å². The summed E-state index contributed by atoms with van der Waals surface area (Å²) in [6, 6.07) is 25.3. The third-order valence-electron chi connectivity index (χ3n) is 15.4. The molecular formula is C57H67ClN6O8S2. The summed E-state index contributed by atoms with van der Waals surface area (Å²) in [4.78, 5) is 56.8. The summed E-state index contributed by atoms with van der Waals surface area (Å²) >= 11 is 9.81. The predicted molar refractivity (Wildman–Crippen MR) is 299 cm³/mol. The minimum absolute atomic E-state index is 0.0960. The molecule has 74 heavy (non-hydrogen) atoms. The number of carbonyl (C=O) groups excluding carboxylic acids is 3. The summed E-state index contributed by atoms with van der Waals surface area (Å²) in [5, 5.41) is 25.9. The third-order valence-corrected chi connectivity index (χ3v) is 18.6. The van der Waals surface area contributed by atoms with Gasteiger partial charge in [0.2, 0.25) is 5.91 Å². The Bertz CT molecular complexity index is 3060. The van der Waals surface area contributed by atoms with Crippen molar-refractivity contribution in [2.75, 3.05) is 49.0 Å². The fourth-order valence-corrected chi connectivity index (χ4v) is 14.8. The number of carboxylic acids is 1. The van der Waals surface area contributed by atoms with E-state index in [4.69, 9.17) is 35.6 Å². The number of oxazole rings is 1. The fraction of sp³-hybridized carbons (Fsp3) is 0.421. The highest BCUT2D eigenvalue weighted by atomic mass is 35.5. The number of amides is 2. The number of hydrogen-bond acceptors (Lipinski definition) is 13. The van der Waals surface area contributed by atoms with E-state index in [1.54, 1.807) is 18.0 Å². The lowest BCUT2D eigenvalue weighted by molar-refractivity contribution is -0.122. The van der Waals surface area contributed by atoms with Gasteiger partial charge in [0.1, 0.15) is 23.4 Å². The van der Waals surface area contributed by atoms with Crippen molar-refractivity contribution in [3.8, 4) is 16.2 Å². The van der Waals surface area contributed by atoms with Crippen molar-refractivity contribution >= 4 is 98.7 Å². The molecule has 4 fully saturated rings. The molecule has 6 heterocycles. The molecule has 2 aromatic heterocycles. The van der Waals surface area contributed by atoms with Crippen LogP contribution < -0.4 is 25.2 Å². The second-order valence-electron chi connectivity index (χ2n) is 20.4. The Hall–Kier alpha value is -5.91. The van der Waals surface area contributed by atoms with Crippen LogP contribution in [-0.2, 0) is 15.3 Å². The van der Waals surface area contributed by atoms with Gasteiger partial charge < -0.3 is 39.7 Å². The molecule has 14 nitrogen and oxygen atoms in total. The van der Waals surface area contributed by atoms with E-state index >= 15 is 0 Å². The number of nitrogens with zero attached hydrogens (tertiary/aromatic N) is 4. The van der Waals surface area contributed by atoms with E-state index in [2.05, 4.69) is 96.6 Å². The van der Waals surface area contributed by atoms with Gasteiger partial charge in [0, 0.05) is 67.3 Å². The van der Waals surface area contributed by atoms with Gasteiger partial charge in [0.15, 0.2) is 16.2 Å². The van der Waals surface area contributed by atoms with Crippen LogP contribution in [0.1, 0.15) is 110 Å². The number of hydrogen-bond donors (Lipinski definition) is 4. The molecule has 1 saturated carbocycles. The number of allylic oxidation sites excluding steroid dienone is 1. The molecule has 4 aromatic carbocycles. The lowest BCUT2D eigenvalue weighted by Crippen LogP contribution is -2.69. The molecule has 0 radical (unpaired) electrons. The lowest BCUT2D eigenvalue weighted by atomic mass is 9.57. The second kappa shape index (κ2) is 22.5. The Morgan fingerprint density at radius 2 is 1.80 bits per heavy atom. The maximum absolute atomic E-state index is 13.9. The van der Waals surface area contributed by atoms with E-state index in [-0.39, 0.29) is 39.4 Å². The topological polar surface area (TPSA) is 178 Å². The van der Waals surface area contributed by atoms with Gasteiger partial charge in [-0.2, -0.15) is 4.98 Å². The number of thiophene rings is 1. The first-order chi connectivity index (χ1) is 35.6. The number of aromatic nitrogens is 1. The number of benzene rings is 4. The van der Waals surface area contributed by atoms with Crippen LogP contribution in [0, 0.1) is 11.3 Å².